The monoisotopic (exact) mass is 488 g/mol. The molecule has 0 spiro atoms. The molecule has 3 aromatic rings. The van der Waals surface area contributed by atoms with E-state index in [0.29, 0.717) is 10.9 Å². The fourth-order valence-corrected chi connectivity index (χ4v) is 5.28. The summed E-state index contributed by atoms with van der Waals surface area (Å²) in [5.41, 5.74) is 4.52. The molecular weight excluding hydrogens is 464 g/mol. The summed E-state index contributed by atoms with van der Waals surface area (Å²) < 4.78 is 11.2. The van der Waals surface area contributed by atoms with E-state index in [-0.39, 0.29) is 17.8 Å². The third-order valence-corrected chi connectivity index (χ3v) is 7.22. The van der Waals surface area contributed by atoms with Crippen LogP contribution in [0.5, 0.6) is 5.75 Å². The summed E-state index contributed by atoms with van der Waals surface area (Å²) in [5.74, 6) is 0.772. The van der Waals surface area contributed by atoms with Gasteiger partial charge in [0, 0.05) is 28.2 Å². The first-order chi connectivity index (χ1) is 15.5. The van der Waals surface area contributed by atoms with E-state index in [1.54, 1.807) is 7.11 Å². The van der Waals surface area contributed by atoms with Gasteiger partial charge in [-0.1, -0.05) is 54.6 Å². The number of fused-ring (bicyclic) bond motifs is 3. The van der Waals surface area contributed by atoms with Gasteiger partial charge in [-0.15, -0.1) is 0 Å². The van der Waals surface area contributed by atoms with Crippen molar-refractivity contribution in [1.29, 1.82) is 0 Å². The number of rotatable bonds is 6. The number of thioether (sulfide) groups is 1. The summed E-state index contributed by atoms with van der Waals surface area (Å²) in [6, 6.07) is 13.9. The maximum absolute atomic E-state index is 12.0. The van der Waals surface area contributed by atoms with Gasteiger partial charge in [0.1, 0.15) is 10.1 Å². The number of ether oxygens (including phenoxy) is 2. The molecule has 0 radical (unpaired) electrons. The Hall–Kier alpha value is -2.22. The van der Waals surface area contributed by atoms with E-state index in [1.165, 1.54) is 17.3 Å². The molecule has 5 nitrogen and oxygen atoms in total. The zero-order valence-electron chi connectivity index (χ0n) is 18.0. The summed E-state index contributed by atoms with van der Waals surface area (Å²) in [6.07, 6.45) is 1.64. The average molecular weight is 489 g/mol. The van der Waals surface area contributed by atoms with Crippen LogP contribution in [0.3, 0.4) is 0 Å². The van der Waals surface area contributed by atoms with Crippen molar-refractivity contribution >= 4 is 56.8 Å². The predicted octanol–water partition coefficient (Wildman–Crippen LogP) is 5.75. The predicted molar refractivity (Wildman–Crippen MR) is 135 cm³/mol. The highest BCUT2D eigenvalue weighted by atomic mass is 35.5. The molecule has 1 unspecified atom stereocenters. The van der Waals surface area contributed by atoms with Gasteiger partial charge < -0.3 is 19.4 Å². The Bertz CT molecular complexity index is 1130. The minimum Gasteiger partial charge on any atom is -0.497 e. The summed E-state index contributed by atoms with van der Waals surface area (Å²) in [7, 11) is 1.66. The second kappa shape index (κ2) is 10.1. The lowest BCUT2D eigenvalue weighted by Gasteiger charge is -2.37. The number of carbonyl (C=O) groups excluding carboxylic acids is 1. The van der Waals surface area contributed by atoms with Crippen molar-refractivity contribution in [3.05, 3.63) is 64.3 Å². The van der Waals surface area contributed by atoms with Crippen molar-refractivity contribution in [1.82, 2.24) is 9.88 Å². The highest BCUT2D eigenvalue weighted by molar-refractivity contribution is 8.23. The lowest BCUT2D eigenvalue weighted by Crippen LogP contribution is -2.38. The first-order valence-corrected chi connectivity index (χ1v) is 12.3. The Morgan fingerprint density at radius 2 is 2.06 bits per heavy atom. The van der Waals surface area contributed by atoms with Crippen LogP contribution in [-0.4, -0.2) is 46.2 Å². The number of carbonyl (C=O) groups is 1. The quantitative estimate of drug-likeness (QED) is 0.352. The van der Waals surface area contributed by atoms with Gasteiger partial charge in [-0.3, -0.25) is 4.79 Å². The van der Waals surface area contributed by atoms with Crippen LogP contribution in [0.2, 0.25) is 5.02 Å². The molecule has 0 amide bonds. The average Bonchev–Trinajstić information content (AvgIpc) is 3.18. The van der Waals surface area contributed by atoms with Crippen LogP contribution in [-0.2, 0) is 16.0 Å². The van der Waals surface area contributed by atoms with E-state index < -0.39 is 0 Å². The summed E-state index contributed by atoms with van der Waals surface area (Å²) in [4.78, 5) is 17.8. The van der Waals surface area contributed by atoms with Crippen molar-refractivity contribution < 1.29 is 14.3 Å². The molecular formula is C24H25ClN2O3S2. The molecule has 0 saturated heterocycles. The topological polar surface area (TPSA) is 54.6 Å². The fraction of sp³-hybridized carbons (Fsp3) is 0.333. The maximum atomic E-state index is 12.0. The van der Waals surface area contributed by atoms with Gasteiger partial charge in [-0.2, -0.15) is 0 Å². The van der Waals surface area contributed by atoms with E-state index in [0.717, 1.165) is 52.3 Å². The molecule has 0 saturated carbocycles. The molecule has 2 heterocycles. The first kappa shape index (κ1) is 23.0. The van der Waals surface area contributed by atoms with Gasteiger partial charge >= 0.3 is 5.97 Å². The molecule has 8 heteroatoms. The smallest absolute Gasteiger partial charge is 0.316 e. The number of aromatic amines is 1. The summed E-state index contributed by atoms with van der Waals surface area (Å²) in [5, 5.41) is 1.87. The van der Waals surface area contributed by atoms with Crippen molar-refractivity contribution in [3.8, 4) is 5.75 Å². The van der Waals surface area contributed by atoms with Crippen molar-refractivity contribution in [2.75, 3.05) is 26.0 Å². The molecule has 1 aromatic heterocycles. The molecule has 4 rings (SSSR count). The zero-order chi connectivity index (χ0) is 22.7. The number of aromatic nitrogens is 1. The Balaban J connectivity index is 1.67. The number of thiocarbonyl (C=S) groups is 1. The standard InChI is InChI=1S/C24H25ClN2O3S2/c1-3-12-30-21(28)14-32-24(31)27-11-10-18-19-13-16(25)6-9-20(19)26-22(18)23(27)15-4-7-17(29-2)8-5-15/h4-9,13,23,26H,3,10-12,14H2,1-2H3. The lowest BCUT2D eigenvalue weighted by molar-refractivity contribution is -0.140. The minimum atomic E-state index is -0.238. The highest BCUT2D eigenvalue weighted by Gasteiger charge is 2.33. The normalized spacial score (nSPS) is 15.5. The molecule has 1 aliphatic rings. The number of nitrogens with one attached hydrogen (secondary N) is 1. The number of methoxy groups -OCH3 is 1. The van der Waals surface area contributed by atoms with E-state index in [9.17, 15) is 4.79 Å². The van der Waals surface area contributed by atoms with Gasteiger partial charge in [-0.05, 0) is 54.3 Å². The Labute approximate surface area is 202 Å². The molecule has 1 N–H and O–H groups in total. The lowest BCUT2D eigenvalue weighted by atomic mass is 9.93. The molecule has 0 bridgehead atoms. The summed E-state index contributed by atoms with van der Waals surface area (Å²) >= 11 is 13.4. The number of benzene rings is 2. The SMILES string of the molecule is CCCOC(=O)CSC(=S)N1CCc2c([nH]c3ccc(Cl)cc23)C1c1ccc(OC)cc1. The van der Waals surface area contributed by atoms with Gasteiger partial charge in [0.05, 0.1) is 25.5 Å². The minimum absolute atomic E-state index is 0.0949. The fourth-order valence-electron chi connectivity index (χ4n) is 4.05. The second-order valence-electron chi connectivity index (χ2n) is 7.60. The molecule has 0 fully saturated rings. The Kier molecular flexibility index (Phi) is 7.28. The number of esters is 1. The van der Waals surface area contributed by atoms with Crippen LogP contribution in [0.15, 0.2) is 42.5 Å². The highest BCUT2D eigenvalue weighted by Crippen LogP contribution is 2.40. The van der Waals surface area contributed by atoms with E-state index in [1.807, 2.05) is 37.3 Å². The Morgan fingerprint density at radius 1 is 1.28 bits per heavy atom. The van der Waals surface area contributed by atoms with Crippen LogP contribution in [0.1, 0.15) is 36.2 Å². The molecule has 0 aliphatic carbocycles. The van der Waals surface area contributed by atoms with E-state index in [2.05, 4.69) is 22.0 Å². The largest absolute Gasteiger partial charge is 0.497 e. The number of hydrogen-bond acceptors (Lipinski definition) is 5. The van der Waals surface area contributed by atoms with Crippen LogP contribution in [0.25, 0.3) is 10.9 Å². The van der Waals surface area contributed by atoms with E-state index in [4.69, 9.17) is 33.3 Å². The first-order valence-electron chi connectivity index (χ1n) is 10.5. The third-order valence-electron chi connectivity index (χ3n) is 5.54. The van der Waals surface area contributed by atoms with Crippen molar-refractivity contribution in [3.63, 3.8) is 0 Å². The van der Waals surface area contributed by atoms with Gasteiger partial charge in [0.25, 0.3) is 0 Å². The maximum Gasteiger partial charge on any atom is 0.316 e. The van der Waals surface area contributed by atoms with Gasteiger partial charge in [0.15, 0.2) is 0 Å². The van der Waals surface area contributed by atoms with Gasteiger partial charge in [0.2, 0.25) is 0 Å². The number of halogens is 1. The van der Waals surface area contributed by atoms with Crippen molar-refractivity contribution in [2.24, 2.45) is 0 Å². The number of nitrogens with zero attached hydrogens (tertiary/aromatic N) is 1. The molecule has 1 aliphatic heterocycles. The van der Waals surface area contributed by atoms with Crippen LogP contribution in [0.4, 0.5) is 0 Å². The van der Waals surface area contributed by atoms with Crippen molar-refractivity contribution in [2.45, 2.75) is 25.8 Å². The number of hydrogen-bond donors (Lipinski definition) is 1. The van der Waals surface area contributed by atoms with Crippen LogP contribution >= 0.6 is 35.6 Å². The van der Waals surface area contributed by atoms with E-state index >= 15 is 0 Å². The molecule has 2 aromatic carbocycles. The molecule has 32 heavy (non-hydrogen) atoms. The summed E-state index contributed by atoms with van der Waals surface area (Å²) in [6.45, 7) is 3.16. The third kappa shape index (κ3) is 4.75. The van der Waals surface area contributed by atoms with Crippen LogP contribution < -0.4 is 4.74 Å². The molecule has 168 valence electrons. The zero-order valence-corrected chi connectivity index (χ0v) is 20.4. The Morgan fingerprint density at radius 3 is 2.78 bits per heavy atom. The second-order valence-corrected chi connectivity index (χ2v) is 9.65. The van der Waals surface area contributed by atoms with Gasteiger partial charge in [-0.25, -0.2) is 0 Å². The number of H-pyrrole nitrogens is 1. The van der Waals surface area contributed by atoms with Crippen LogP contribution in [0, 0.1) is 0 Å². The molecule has 1 atom stereocenters.